The van der Waals surface area contributed by atoms with Crippen LogP contribution < -0.4 is 28.7 Å². The molecule has 2 bridgehead atoms. The lowest BCUT2D eigenvalue weighted by molar-refractivity contribution is -0.944. The third kappa shape index (κ3) is 1.81. The van der Waals surface area contributed by atoms with Gasteiger partial charge in [-0.2, -0.15) is 0 Å². The number of hydrogen-bond donors (Lipinski definition) is 2. The number of likely N-dealkylation sites (tertiary alicyclic amines) is 1. The fraction of sp³-hybridized carbons (Fsp3) is 0.550. The van der Waals surface area contributed by atoms with E-state index in [1.807, 2.05) is 12.1 Å². The molecule has 1 unspecified atom stereocenters. The minimum absolute atomic E-state index is 0. The number of likely N-dealkylation sites (N-methyl/N-ethyl adjacent to an activating group) is 1. The number of phenols is 1. The van der Waals surface area contributed by atoms with Crippen LogP contribution >= 0.6 is 0 Å². The van der Waals surface area contributed by atoms with Gasteiger partial charge >= 0.3 is 0 Å². The lowest BCUT2D eigenvalue weighted by Crippen LogP contribution is -3.00. The zero-order valence-electron chi connectivity index (χ0n) is 14.9. The Balaban J connectivity index is 0.00000168. The molecule has 1 spiro atoms. The largest absolute Gasteiger partial charge is 1.00 e. The summed E-state index contributed by atoms with van der Waals surface area (Å²) in [6.07, 6.45) is 3.47. The molecule has 1 saturated carbocycles. The molecule has 0 amide bonds. The number of carbonyl (C=O) groups excluding carboxylic acids is 1. The highest BCUT2D eigenvalue weighted by Gasteiger charge is 2.76. The number of halogens is 1. The summed E-state index contributed by atoms with van der Waals surface area (Å²) in [5.41, 5.74) is 0.295. The van der Waals surface area contributed by atoms with E-state index in [0.717, 1.165) is 35.1 Å². The fourth-order valence-electron chi connectivity index (χ4n) is 6.34. The first-order valence-corrected chi connectivity index (χ1v) is 9.09. The molecule has 140 valence electrons. The molecule has 2 N–H and O–H groups in total. The van der Waals surface area contributed by atoms with Gasteiger partial charge in [-0.05, 0) is 24.1 Å². The van der Waals surface area contributed by atoms with E-state index in [1.165, 1.54) is 0 Å². The predicted molar refractivity (Wildman–Crippen MR) is 91.6 cm³/mol. The number of aromatic hydroxyl groups is 1. The number of phenolic OH excluding ortho intramolecular Hbond substituents is 1. The number of ether oxygens (including phenoxy) is 1. The molecule has 2 aliphatic heterocycles. The average Bonchev–Trinajstić information content (AvgIpc) is 2.93. The van der Waals surface area contributed by atoms with Gasteiger partial charge in [-0.1, -0.05) is 12.6 Å². The molecule has 5 nitrogen and oxygen atoms in total. The van der Waals surface area contributed by atoms with Crippen molar-refractivity contribution in [1.82, 2.24) is 0 Å². The second-order valence-electron chi connectivity index (χ2n) is 8.45. The maximum absolute atomic E-state index is 12.7. The maximum Gasteiger partial charge on any atom is 0.174 e. The van der Waals surface area contributed by atoms with E-state index in [0.29, 0.717) is 25.0 Å². The van der Waals surface area contributed by atoms with E-state index in [-0.39, 0.29) is 41.6 Å². The summed E-state index contributed by atoms with van der Waals surface area (Å²) in [5, 5.41) is 22.3. The van der Waals surface area contributed by atoms with Gasteiger partial charge in [0.05, 0.1) is 25.6 Å². The van der Waals surface area contributed by atoms with Gasteiger partial charge in [0.15, 0.2) is 23.4 Å². The topological polar surface area (TPSA) is 66.8 Å². The van der Waals surface area contributed by atoms with Gasteiger partial charge in [-0.3, -0.25) is 4.79 Å². The number of rotatable bonds is 2. The Hall–Kier alpha value is -1.12. The number of benzene rings is 1. The standard InChI is InChI=1S/C20H23NO4.HI/c1-3-9-21(2)10-8-19-16-12-4-5-13(22)17(16)25-18(19)14(23)6-7-20(19,24)15(21)11-12;/h3-5,15,18,24H,1,6-11H2,2H3;1H/t15-,18+,19+,20-,21?;/m1./s1. The molecule has 5 atom stereocenters. The fourth-order valence-corrected chi connectivity index (χ4v) is 6.34. The van der Waals surface area contributed by atoms with Gasteiger partial charge < -0.3 is 43.4 Å². The first-order valence-electron chi connectivity index (χ1n) is 9.09. The van der Waals surface area contributed by atoms with Crippen molar-refractivity contribution in [3.05, 3.63) is 35.9 Å². The van der Waals surface area contributed by atoms with Crippen molar-refractivity contribution in [2.24, 2.45) is 0 Å². The van der Waals surface area contributed by atoms with Crippen LogP contribution in [-0.2, 0) is 16.6 Å². The Bertz CT molecular complexity index is 826. The zero-order valence-corrected chi connectivity index (χ0v) is 17.0. The summed E-state index contributed by atoms with van der Waals surface area (Å²) in [6, 6.07) is 3.60. The van der Waals surface area contributed by atoms with Crippen LogP contribution in [0.3, 0.4) is 0 Å². The summed E-state index contributed by atoms with van der Waals surface area (Å²) in [7, 11) is 2.19. The van der Waals surface area contributed by atoms with E-state index < -0.39 is 17.1 Å². The van der Waals surface area contributed by atoms with Crippen LogP contribution in [0, 0.1) is 0 Å². The van der Waals surface area contributed by atoms with Crippen molar-refractivity contribution in [2.75, 3.05) is 20.1 Å². The molecule has 2 heterocycles. The van der Waals surface area contributed by atoms with Crippen molar-refractivity contribution < 1.29 is 48.2 Å². The van der Waals surface area contributed by atoms with Crippen molar-refractivity contribution >= 4 is 5.78 Å². The van der Waals surface area contributed by atoms with E-state index in [2.05, 4.69) is 13.6 Å². The normalized spacial score (nSPS) is 41.7. The molecular formula is C20H24INO4. The Morgan fingerprint density at radius 3 is 2.92 bits per heavy atom. The number of Topliss-reactive ketones (excluding diaryl/α,β-unsaturated/α-hetero) is 1. The number of ketones is 1. The summed E-state index contributed by atoms with van der Waals surface area (Å²) >= 11 is 0. The summed E-state index contributed by atoms with van der Waals surface area (Å²) in [4.78, 5) is 12.7. The van der Waals surface area contributed by atoms with Crippen LogP contribution in [0.15, 0.2) is 24.8 Å². The van der Waals surface area contributed by atoms with Crippen LogP contribution in [0.4, 0.5) is 0 Å². The highest BCUT2D eigenvalue weighted by atomic mass is 127. The molecule has 0 radical (unpaired) electrons. The predicted octanol–water partition coefficient (Wildman–Crippen LogP) is -1.55. The lowest BCUT2D eigenvalue weighted by Gasteiger charge is -2.64. The first-order chi connectivity index (χ1) is 11.9. The second-order valence-corrected chi connectivity index (χ2v) is 8.45. The summed E-state index contributed by atoms with van der Waals surface area (Å²) in [5.74, 6) is 0.547. The number of quaternary nitrogens is 1. The van der Waals surface area contributed by atoms with Crippen molar-refractivity contribution in [3.63, 3.8) is 0 Å². The van der Waals surface area contributed by atoms with Crippen molar-refractivity contribution in [1.29, 1.82) is 0 Å². The molecule has 5 rings (SSSR count). The average molecular weight is 469 g/mol. The van der Waals surface area contributed by atoms with E-state index >= 15 is 0 Å². The van der Waals surface area contributed by atoms with Crippen LogP contribution in [0.2, 0.25) is 0 Å². The molecule has 1 saturated heterocycles. The molecule has 26 heavy (non-hydrogen) atoms. The van der Waals surface area contributed by atoms with Crippen molar-refractivity contribution in [3.8, 4) is 11.5 Å². The number of carbonyl (C=O) groups is 1. The van der Waals surface area contributed by atoms with E-state index in [9.17, 15) is 15.0 Å². The molecule has 2 fully saturated rings. The lowest BCUT2D eigenvalue weighted by atomic mass is 9.48. The quantitative estimate of drug-likeness (QED) is 0.313. The number of aliphatic hydroxyl groups is 1. The monoisotopic (exact) mass is 469 g/mol. The summed E-state index contributed by atoms with van der Waals surface area (Å²) < 4.78 is 6.76. The zero-order chi connectivity index (χ0) is 17.6. The van der Waals surface area contributed by atoms with Gasteiger partial charge in [-0.15, -0.1) is 0 Å². The van der Waals surface area contributed by atoms with Crippen LogP contribution in [0.5, 0.6) is 11.5 Å². The maximum atomic E-state index is 12.7. The van der Waals surface area contributed by atoms with Crippen LogP contribution in [-0.4, -0.2) is 58.4 Å². The molecule has 2 aliphatic carbocycles. The molecule has 4 aliphatic rings. The summed E-state index contributed by atoms with van der Waals surface area (Å²) in [6.45, 7) is 5.57. The highest BCUT2D eigenvalue weighted by Crippen LogP contribution is 2.65. The number of nitrogens with zero attached hydrogens (tertiary/aromatic N) is 1. The molecular weight excluding hydrogens is 445 g/mol. The molecule has 1 aromatic carbocycles. The molecule has 1 aromatic rings. The highest BCUT2D eigenvalue weighted by molar-refractivity contribution is 5.90. The minimum Gasteiger partial charge on any atom is -1.00 e. The van der Waals surface area contributed by atoms with Gasteiger partial charge in [0.25, 0.3) is 0 Å². The number of piperidine rings is 1. The van der Waals surface area contributed by atoms with Crippen LogP contribution in [0.1, 0.15) is 30.4 Å². The first kappa shape index (κ1) is 18.3. The van der Waals surface area contributed by atoms with E-state index in [1.54, 1.807) is 6.07 Å². The van der Waals surface area contributed by atoms with Gasteiger partial charge in [0, 0.05) is 24.8 Å². The Morgan fingerprint density at radius 2 is 2.19 bits per heavy atom. The van der Waals surface area contributed by atoms with Gasteiger partial charge in [-0.25, -0.2) is 0 Å². The smallest absolute Gasteiger partial charge is 0.174 e. The molecule has 0 aromatic heterocycles. The Morgan fingerprint density at radius 1 is 1.42 bits per heavy atom. The van der Waals surface area contributed by atoms with Crippen molar-refractivity contribution in [2.45, 2.75) is 48.8 Å². The minimum atomic E-state index is -0.992. The third-order valence-corrected chi connectivity index (χ3v) is 7.45. The SMILES string of the molecule is C=CC[N+]1(C)CC[C@]23c4c5ccc(O)c4O[C@H]2C(=O)CC[C@@]3(O)[C@H]1C5.[I-]. The van der Waals surface area contributed by atoms with Crippen LogP contribution in [0.25, 0.3) is 0 Å². The van der Waals surface area contributed by atoms with Gasteiger partial charge in [0.2, 0.25) is 0 Å². The Labute approximate surface area is 170 Å². The van der Waals surface area contributed by atoms with E-state index in [4.69, 9.17) is 4.74 Å². The molecule has 6 heteroatoms. The third-order valence-electron chi connectivity index (χ3n) is 7.45. The second kappa shape index (κ2) is 5.45. The van der Waals surface area contributed by atoms with Gasteiger partial charge in [0.1, 0.15) is 11.6 Å². The number of hydrogen-bond acceptors (Lipinski definition) is 4. The Kier molecular flexibility index (Phi) is 3.83.